The van der Waals surface area contributed by atoms with Crippen molar-refractivity contribution in [1.29, 1.82) is 0 Å². The second-order valence-corrected chi connectivity index (χ2v) is 4.16. The Morgan fingerprint density at radius 1 is 1.36 bits per heavy atom. The highest BCUT2D eigenvalue weighted by Crippen LogP contribution is 2.35. The Kier molecular flexibility index (Phi) is 5.67. The van der Waals surface area contributed by atoms with Crippen LogP contribution in [0, 0.1) is 10.1 Å². The third-order valence-corrected chi connectivity index (χ3v) is 2.68. The second kappa shape index (κ2) is 7.25. The van der Waals surface area contributed by atoms with Crippen LogP contribution in [0.1, 0.15) is 24.2 Å². The molecule has 22 heavy (non-hydrogen) atoms. The molecule has 0 saturated heterocycles. The van der Waals surface area contributed by atoms with Gasteiger partial charge in [-0.1, -0.05) is 0 Å². The van der Waals surface area contributed by atoms with Gasteiger partial charge in [0.25, 0.3) is 11.6 Å². The molecule has 1 amide bonds. The fourth-order valence-corrected chi connectivity index (χ4v) is 1.57. The number of hydrogen-bond acceptors (Lipinski definition) is 7. The Labute approximate surface area is 126 Å². The SMILES string of the molecule is CCOc1cc(C(=O)OC(C)C(N)=O)c([N+](=O)[O-])cc1OC. The average Bonchev–Trinajstić information content (AvgIpc) is 2.46. The van der Waals surface area contributed by atoms with Gasteiger partial charge in [0.05, 0.1) is 24.7 Å². The zero-order valence-corrected chi connectivity index (χ0v) is 12.3. The van der Waals surface area contributed by atoms with E-state index in [0.29, 0.717) is 0 Å². The Morgan fingerprint density at radius 3 is 2.45 bits per heavy atom. The summed E-state index contributed by atoms with van der Waals surface area (Å²) in [6, 6.07) is 2.19. The van der Waals surface area contributed by atoms with Crippen molar-refractivity contribution in [2.45, 2.75) is 20.0 Å². The highest BCUT2D eigenvalue weighted by Gasteiger charge is 2.27. The summed E-state index contributed by atoms with van der Waals surface area (Å²) in [6.07, 6.45) is -1.22. The number of carbonyl (C=O) groups excluding carboxylic acids is 2. The first-order valence-electron chi connectivity index (χ1n) is 6.31. The quantitative estimate of drug-likeness (QED) is 0.452. The minimum Gasteiger partial charge on any atom is -0.493 e. The number of ether oxygens (including phenoxy) is 3. The van der Waals surface area contributed by atoms with Gasteiger partial charge in [0.15, 0.2) is 17.6 Å². The number of amides is 1. The number of nitrogens with zero attached hydrogens (tertiary/aromatic N) is 1. The number of nitrogens with two attached hydrogens (primary N) is 1. The molecule has 120 valence electrons. The first-order chi connectivity index (χ1) is 10.3. The zero-order chi connectivity index (χ0) is 16.9. The van der Waals surface area contributed by atoms with Gasteiger partial charge >= 0.3 is 5.97 Å². The summed E-state index contributed by atoms with van der Waals surface area (Å²) in [4.78, 5) is 33.3. The van der Waals surface area contributed by atoms with Crippen molar-refractivity contribution in [3.8, 4) is 11.5 Å². The summed E-state index contributed by atoms with van der Waals surface area (Å²) in [6.45, 7) is 3.23. The van der Waals surface area contributed by atoms with E-state index in [1.54, 1.807) is 6.92 Å². The van der Waals surface area contributed by atoms with Gasteiger partial charge in [0.1, 0.15) is 5.56 Å². The third kappa shape index (κ3) is 3.84. The molecule has 0 saturated carbocycles. The van der Waals surface area contributed by atoms with E-state index >= 15 is 0 Å². The van der Waals surface area contributed by atoms with Crippen LogP contribution in [0.4, 0.5) is 5.69 Å². The van der Waals surface area contributed by atoms with E-state index in [1.165, 1.54) is 14.0 Å². The number of carbonyl (C=O) groups is 2. The number of esters is 1. The van der Waals surface area contributed by atoms with Gasteiger partial charge in [0.2, 0.25) is 0 Å². The van der Waals surface area contributed by atoms with Crippen molar-refractivity contribution in [1.82, 2.24) is 0 Å². The molecule has 0 aliphatic rings. The van der Waals surface area contributed by atoms with Crippen molar-refractivity contribution in [3.63, 3.8) is 0 Å². The monoisotopic (exact) mass is 312 g/mol. The van der Waals surface area contributed by atoms with Crippen LogP contribution in [0.15, 0.2) is 12.1 Å². The summed E-state index contributed by atoms with van der Waals surface area (Å²) in [5.41, 5.74) is 4.10. The molecule has 0 spiro atoms. The number of nitro benzene ring substituents is 1. The predicted octanol–water partition coefficient (Wildman–Crippen LogP) is 1.03. The average molecular weight is 312 g/mol. The predicted molar refractivity (Wildman–Crippen MR) is 74.9 cm³/mol. The largest absolute Gasteiger partial charge is 0.493 e. The van der Waals surface area contributed by atoms with E-state index < -0.39 is 28.6 Å². The molecule has 0 aliphatic carbocycles. The molecule has 1 rings (SSSR count). The number of nitro groups is 1. The molecular weight excluding hydrogens is 296 g/mol. The van der Waals surface area contributed by atoms with Crippen molar-refractivity contribution in [2.24, 2.45) is 5.73 Å². The molecule has 9 heteroatoms. The van der Waals surface area contributed by atoms with Crippen LogP contribution >= 0.6 is 0 Å². The number of rotatable bonds is 7. The van der Waals surface area contributed by atoms with E-state index in [2.05, 4.69) is 0 Å². The van der Waals surface area contributed by atoms with Crippen molar-refractivity contribution < 1.29 is 28.7 Å². The van der Waals surface area contributed by atoms with Crippen molar-refractivity contribution >= 4 is 17.6 Å². The highest BCUT2D eigenvalue weighted by molar-refractivity contribution is 5.96. The van der Waals surface area contributed by atoms with Gasteiger partial charge in [0, 0.05) is 6.07 Å². The minimum absolute atomic E-state index is 0.105. The Morgan fingerprint density at radius 2 is 2.00 bits per heavy atom. The fourth-order valence-electron chi connectivity index (χ4n) is 1.57. The lowest BCUT2D eigenvalue weighted by atomic mass is 10.1. The van der Waals surface area contributed by atoms with Crippen LogP contribution in [0.25, 0.3) is 0 Å². The Hall–Kier alpha value is -2.84. The molecule has 0 bridgehead atoms. The summed E-state index contributed by atoms with van der Waals surface area (Å²) < 4.78 is 15.0. The molecule has 1 aromatic rings. The van der Waals surface area contributed by atoms with Crippen LogP contribution in [-0.4, -0.2) is 36.6 Å². The van der Waals surface area contributed by atoms with Crippen LogP contribution < -0.4 is 15.2 Å². The zero-order valence-electron chi connectivity index (χ0n) is 12.3. The maximum atomic E-state index is 12.0. The fraction of sp³-hybridized carbons (Fsp3) is 0.385. The standard InChI is InChI=1S/C13H16N2O7/c1-4-21-11-5-8(13(17)22-7(2)12(14)16)9(15(18)19)6-10(11)20-3/h5-7H,4H2,1-3H3,(H2,14,16). The van der Waals surface area contributed by atoms with Crippen LogP contribution in [0.2, 0.25) is 0 Å². The van der Waals surface area contributed by atoms with Crippen LogP contribution in [0.3, 0.4) is 0 Å². The molecule has 0 aliphatic heterocycles. The smallest absolute Gasteiger partial charge is 0.346 e. The number of hydrogen-bond donors (Lipinski definition) is 1. The molecular formula is C13H16N2O7. The molecule has 0 aromatic heterocycles. The molecule has 1 aromatic carbocycles. The summed E-state index contributed by atoms with van der Waals surface area (Å²) in [5.74, 6) is -1.67. The Bertz CT molecular complexity index is 600. The lowest BCUT2D eigenvalue weighted by Gasteiger charge is -2.13. The normalized spacial score (nSPS) is 11.4. The van der Waals surface area contributed by atoms with E-state index in [-0.39, 0.29) is 23.7 Å². The molecule has 0 radical (unpaired) electrons. The van der Waals surface area contributed by atoms with Gasteiger partial charge in [-0.3, -0.25) is 14.9 Å². The summed E-state index contributed by atoms with van der Waals surface area (Å²) >= 11 is 0. The first-order valence-corrected chi connectivity index (χ1v) is 6.31. The van der Waals surface area contributed by atoms with E-state index in [9.17, 15) is 19.7 Å². The second-order valence-electron chi connectivity index (χ2n) is 4.16. The van der Waals surface area contributed by atoms with Gasteiger partial charge in [-0.25, -0.2) is 4.79 Å². The minimum atomic E-state index is -1.22. The summed E-state index contributed by atoms with van der Waals surface area (Å²) in [7, 11) is 1.31. The van der Waals surface area contributed by atoms with Crippen molar-refractivity contribution in [2.75, 3.05) is 13.7 Å². The van der Waals surface area contributed by atoms with E-state index in [0.717, 1.165) is 12.1 Å². The lowest BCUT2D eigenvalue weighted by molar-refractivity contribution is -0.385. The molecule has 0 fully saturated rings. The molecule has 1 atom stereocenters. The van der Waals surface area contributed by atoms with Gasteiger partial charge in [-0.05, 0) is 13.8 Å². The van der Waals surface area contributed by atoms with Crippen LogP contribution in [0.5, 0.6) is 11.5 Å². The number of benzene rings is 1. The lowest BCUT2D eigenvalue weighted by Crippen LogP contribution is -2.30. The molecule has 2 N–H and O–H groups in total. The topological polar surface area (TPSA) is 131 Å². The highest BCUT2D eigenvalue weighted by atomic mass is 16.6. The van der Waals surface area contributed by atoms with E-state index in [4.69, 9.17) is 19.9 Å². The third-order valence-electron chi connectivity index (χ3n) is 2.68. The van der Waals surface area contributed by atoms with Crippen LogP contribution in [-0.2, 0) is 9.53 Å². The molecule has 1 unspecified atom stereocenters. The molecule has 0 heterocycles. The number of primary amides is 1. The van der Waals surface area contributed by atoms with Gasteiger partial charge < -0.3 is 19.9 Å². The first kappa shape index (κ1) is 17.2. The number of methoxy groups -OCH3 is 1. The Balaban J connectivity index is 3.30. The summed E-state index contributed by atoms with van der Waals surface area (Å²) in [5, 5.41) is 11.1. The van der Waals surface area contributed by atoms with Crippen molar-refractivity contribution in [3.05, 3.63) is 27.8 Å². The molecule has 9 nitrogen and oxygen atoms in total. The maximum Gasteiger partial charge on any atom is 0.346 e. The van der Waals surface area contributed by atoms with E-state index in [1.807, 2.05) is 0 Å². The maximum absolute atomic E-state index is 12.0. The van der Waals surface area contributed by atoms with Gasteiger partial charge in [-0.2, -0.15) is 0 Å². The van der Waals surface area contributed by atoms with Gasteiger partial charge in [-0.15, -0.1) is 0 Å².